The van der Waals surface area contributed by atoms with Crippen LogP contribution in [-0.2, 0) is 0 Å². The van der Waals surface area contributed by atoms with Crippen LogP contribution in [0.15, 0.2) is 0 Å². The van der Waals surface area contributed by atoms with Crippen molar-refractivity contribution in [1.82, 2.24) is 4.90 Å². The van der Waals surface area contributed by atoms with E-state index in [4.69, 9.17) is 0 Å². The highest BCUT2D eigenvalue weighted by molar-refractivity contribution is 4.81. The molecule has 0 spiro atoms. The molecule has 0 aromatic carbocycles. The van der Waals surface area contributed by atoms with Gasteiger partial charge in [0.1, 0.15) is 0 Å². The fourth-order valence-electron chi connectivity index (χ4n) is 3.65. The van der Waals surface area contributed by atoms with Gasteiger partial charge in [0.2, 0.25) is 0 Å². The molecular formula is C17H35N. The van der Waals surface area contributed by atoms with E-state index in [0.29, 0.717) is 0 Å². The van der Waals surface area contributed by atoms with Gasteiger partial charge in [-0.25, -0.2) is 0 Å². The lowest BCUT2D eigenvalue weighted by molar-refractivity contribution is 0.129. The molecule has 1 saturated carbocycles. The van der Waals surface area contributed by atoms with E-state index in [1.807, 2.05) is 0 Å². The van der Waals surface area contributed by atoms with E-state index in [1.165, 1.54) is 51.5 Å². The van der Waals surface area contributed by atoms with Gasteiger partial charge in [0.15, 0.2) is 0 Å². The molecule has 0 saturated heterocycles. The highest BCUT2D eigenvalue weighted by Gasteiger charge is 2.29. The van der Waals surface area contributed by atoms with E-state index in [2.05, 4.69) is 39.8 Å². The van der Waals surface area contributed by atoms with Crippen LogP contribution in [0.5, 0.6) is 0 Å². The summed E-state index contributed by atoms with van der Waals surface area (Å²) in [5, 5.41) is 0. The maximum atomic E-state index is 2.51. The molecule has 0 radical (unpaired) electrons. The third-order valence-corrected chi connectivity index (χ3v) is 5.11. The predicted molar refractivity (Wildman–Crippen MR) is 81.9 cm³/mol. The van der Waals surface area contributed by atoms with E-state index < -0.39 is 0 Å². The summed E-state index contributed by atoms with van der Waals surface area (Å²) >= 11 is 0. The number of rotatable bonds is 7. The normalized spacial score (nSPS) is 28.3. The van der Waals surface area contributed by atoms with Crippen molar-refractivity contribution in [1.29, 1.82) is 0 Å². The summed E-state index contributed by atoms with van der Waals surface area (Å²) in [4.78, 5) is 2.39. The van der Waals surface area contributed by atoms with E-state index >= 15 is 0 Å². The molecule has 1 aliphatic rings. The Morgan fingerprint density at radius 3 is 2.33 bits per heavy atom. The minimum absolute atomic E-state index is 0.920. The van der Waals surface area contributed by atoms with E-state index in [-0.39, 0.29) is 0 Å². The highest BCUT2D eigenvalue weighted by Crippen LogP contribution is 2.37. The minimum Gasteiger partial charge on any atom is -0.309 e. The van der Waals surface area contributed by atoms with Crippen LogP contribution in [0.25, 0.3) is 0 Å². The third-order valence-electron chi connectivity index (χ3n) is 5.11. The van der Waals surface area contributed by atoms with Crippen molar-refractivity contribution >= 4 is 0 Å². The Balaban J connectivity index is 2.43. The Bertz CT molecular complexity index is 212. The molecule has 1 aliphatic carbocycles. The summed E-state index contributed by atoms with van der Waals surface area (Å²) in [5.74, 6) is 3.80. The Morgan fingerprint density at radius 1 is 1.06 bits per heavy atom. The zero-order valence-corrected chi connectivity index (χ0v) is 13.4. The van der Waals surface area contributed by atoms with Gasteiger partial charge in [-0.1, -0.05) is 52.9 Å². The first-order chi connectivity index (χ1) is 8.54. The topological polar surface area (TPSA) is 3.24 Å². The molecule has 1 nitrogen and oxygen atoms in total. The highest BCUT2D eigenvalue weighted by atomic mass is 15.1. The number of hydrogen-bond donors (Lipinski definition) is 0. The zero-order valence-electron chi connectivity index (χ0n) is 13.4. The van der Waals surface area contributed by atoms with Gasteiger partial charge in [0.25, 0.3) is 0 Å². The molecule has 1 heteroatoms. The second-order valence-corrected chi connectivity index (χ2v) is 7.04. The first-order valence-electron chi connectivity index (χ1n) is 8.19. The van der Waals surface area contributed by atoms with E-state index in [9.17, 15) is 0 Å². The van der Waals surface area contributed by atoms with Gasteiger partial charge in [0, 0.05) is 6.54 Å². The van der Waals surface area contributed by atoms with Crippen molar-refractivity contribution in [2.45, 2.75) is 65.7 Å². The molecule has 108 valence electrons. The van der Waals surface area contributed by atoms with Crippen LogP contribution in [0.2, 0.25) is 0 Å². The molecule has 1 unspecified atom stereocenters. The van der Waals surface area contributed by atoms with Crippen LogP contribution in [0, 0.1) is 23.7 Å². The van der Waals surface area contributed by atoms with Crippen molar-refractivity contribution in [3.05, 3.63) is 0 Å². The first kappa shape index (κ1) is 16.0. The Kier molecular flexibility index (Phi) is 7.29. The van der Waals surface area contributed by atoms with Crippen LogP contribution < -0.4 is 0 Å². The van der Waals surface area contributed by atoms with Gasteiger partial charge < -0.3 is 4.90 Å². The van der Waals surface area contributed by atoms with Crippen molar-refractivity contribution in [3.63, 3.8) is 0 Å². The molecule has 0 bridgehead atoms. The lowest BCUT2D eigenvalue weighted by Gasteiger charge is -2.37. The number of nitrogens with zero attached hydrogens (tertiary/aromatic N) is 1. The maximum Gasteiger partial charge on any atom is 0.000631 e. The molecule has 0 amide bonds. The molecule has 0 heterocycles. The zero-order chi connectivity index (χ0) is 13.5. The van der Waals surface area contributed by atoms with Gasteiger partial charge in [0.05, 0.1) is 0 Å². The van der Waals surface area contributed by atoms with E-state index in [0.717, 1.165) is 23.7 Å². The van der Waals surface area contributed by atoms with Crippen molar-refractivity contribution in [3.8, 4) is 0 Å². The quantitative estimate of drug-likeness (QED) is 0.629. The van der Waals surface area contributed by atoms with Gasteiger partial charge in [-0.3, -0.25) is 0 Å². The predicted octanol–water partition coefficient (Wildman–Crippen LogP) is 4.82. The molecule has 0 aliphatic heterocycles. The molecule has 0 N–H and O–H groups in total. The summed E-state index contributed by atoms with van der Waals surface area (Å²) < 4.78 is 0. The van der Waals surface area contributed by atoms with Crippen molar-refractivity contribution in [2.75, 3.05) is 20.6 Å². The average molecular weight is 253 g/mol. The molecule has 18 heavy (non-hydrogen) atoms. The van der Waals surface area contributed by atoms with Crippen LogP contribution in [-0.4, -0.2) is 25.5 Å². The molecule has 1 rings (SSSR count). The fraction of sp³-hybridized carbons (Fsp3) is 1.00. The lowest BCUT2D eigenvalue weighted by atomic mass is 9.71. The standard InChI is InChI=1S/C17H35N/c1-6-14(2)11-12-15(3)17-10-8-7-9-16(17)13-18(4)5/h14-17H,6-13H2,1-5H3/t14-,15?,16+,17+/m0/s1. The Morgan fingerprint density at radius 2 is 1.72 bits per heavy atom. The summed E-state index contributed by atoms with van der Waals surface area (Å²) in [6.45, 7) is 8.55. The largest absolute Gasteiger partial charge is 0.309 e. The molecule has 0 aromatic rings. The van der Waals surface area contributed by atoms with E-state index in [1.54, 1.807) is 0 Å². The summed E-state index contributed by atoms with van der Waals surface area (Å²) in [6, 6.07) is 0. The average Bonchev–Trinajstić information content (AvgIpc) is 2.35. The lowest BCUT2D eigenvalue weighted by Crippen LogP contribution is -2.33. The van der Waals surface area contributed by atoms with Gasteiger partial charge in [-0.2, -0.15) is 0 Å². The third kappa shape index (κ3) is 5.30. The summed E-state index contributed by atoms with van der Waals surface area (Å²) in [7, 11) is 4.46. The van der Waals surface area contributed by atoms with Crippen molar-refractivity contribution in [2.24, 2.45) is 23.7 Å². The Labute approximate surface area is 115 Å². The van der Waals surface area contributed by atoms with Crippen LogP contribution in [0.3, 0.4) is 0 Å². The second-order valence-electron chi connectivity index (χ2n) is 7.04. The van der Waals surface area contributed by atoms with Crippen LogP contribution >= 0.6 is 0 Å². The first-order valence-corrected chi connectivity index (χ1v) is 8.19. The van der Waals surface area contributed by atoms with Gasteiger partial charge in [-0.05, 0) is 50.6 Å². The molecule has 0 aromatic heterocycles. The fourth-order valence-corrected chi connectivity index (χ4v) is 3.65. The number of hydrogen-bond acceptors (Lipinski definition) is 1. The smallest absolute Gasteiger partial charge is 0.000631 e. The Hall–Kier alpha value is -0.0400. The molecular weight excluding hydrogens is 218 g/mol. The molecule has 4 atom stereocenters. The minimum atomic E-state index is 0.920. The van der Waals surface area contributed by atoms with Crippen LogP contribution in [0.1, 0.15) is 65.7 Å². The SMILES string of the molecule is CC[C@H](C)CCC(C)[C@H]1CCCC[C@@H]1CN(C)C. The van der Waals surface area contributed by atoms with Gasteiger partial charge in [-0.15, -0.1) is 0 Å². The molecule has 1 fully saturated rings. The maximum absolute atomic E-state index is 2.51. The monoisotopic (exact) mass is 253 g/mol. The van der Waals surface area contributed by atoms with Crippen LogP contribution in [0.4, 0.5) is 0 Å². The second kappa shape index (κ2) is 8.19. The summed E-state index contributed by atoms with van der Waals surface area (Å²) in [5.41, 5.74) is 0. The van der Waals surface area contributed by atoms with Gasteiger partial charge >= 0.3 is 0 Å². The summed E-state index contributed by atoms with van der Waals surface area (Å²) in [6.07, 6.45) is 10.1. The van der Waals surface area contributed by atoms with Crippen molar-refractivity contribution < 1.29 is 0 Å².